The minimum atomic E-state index is -4.71. The Morgan fingerprint density at radius 3 is 2.75 bits per heavy atom. The SMILES string of the molecule is O=C(Cn1c(C(F)(F)F)nc2ccccc21)N1C[C@H]2COCC[C@@]2(C(=O)O)C1. The number of carboxylic acid groups (broad SMARTS) is 1. The van der Waals surface area contributed by atoms with Gasteiger partial charge in [-0.1, -0.05) is 12.1 Å². The van der Waals surface area contributed by atoms with Crippen molar-refractivity contribution in [3.05, 3.63) is 30.1 Å². The van der Waals surface area contributed by atoms with Gasteiger partial charge in [-0.15, -0.1) is 0 Å². The third-order valence-electron chi connectivity index (χ3n) is 5.69. The molecule has 150 valence electrons. The summed E-state index contributed by atoms with van der Waals surface area (Å²) in [5, 5.41) is 9.69. The van der Waals surface area contributed by atoms with Gasteiger partial charge in [-0.2, -0.15) is 13.2 Å². The molecule has 0 unspecified atom stereocenters. The molecule has 4 rings (SSSR count). The van der Waals surface area contributed by atoms with E-state index in [0.717, 1.165) is 4.57 Å². The molecule has 2 fully saturated rings. The molecule has 2 aliphatic heterocycles. The van der Waals surface area contributed by atoms with Gasteiger partial charge in [0.05, 0.1) is 23.1 Å². The number of alkyl halides is 3. The molecular formula is C18H18F3N3O4. The number of benzene rings is 1. The average molecular weight is 397 g/mol. The maximum atomic E-state index is 13.4. The second-order valence-corrected chi connectivity index (χ2v) is 7.27. The molecule has 7 nitrogen and oxygen atoms in total. The number of amides is 1. The van der Waals surface area contributed by atoms with Crippen LogP contribution in [-0.4, -0.2) is 57.7 Å². The Bertz CT molecular complexity index is 942. The van der Waals surface area contributed by atoms with Crippen molar-refractivity contribution in [2.45, 2.75) is 19.1 Å². The summed E-state index contributed by atoms with van der Waals surface area (Å²) in [4.78, 5) is 29.6. The highest BCUT2D eigenvalue weighted by Gasteiger charge is 2.55. The van der Waals surface area contributed by atoms with E-state index in [9.17, 15) is 27.9 Å². The number of halogens is 3. The Balaban J connectivity index is 1.64. The first-order valence-electron chi connectivity index (χ1n) is 8.84. The number of fused-ring (bicyclic) bond motifs is 2. The normalized spacial score (nSPS) is 25.1. The molecule has 2 aliphatic rings. The van der Waals surface area contributed by atoms with Crippen molar-refractivity contribution < 1.29 is 32.6 Å². The van der Waals surface area contributed by atoms with Crippen LogP contribution >= 0.6 is 0 Å². The van der Waals surface area contributed by atoms with Crippen molar-refractivity contribution >= 4 is 22.9 Å². The number of hydrogen-bond acceptors (Lipinski definition) is 4. The Morgan fingerprint density at radius 1 is 1.32 bits per heavy atom. The van der Waals surface area contributed by atoms with Gasteiger partial charge < -0.3 is 19.3 Å². The fourth-order valence-corrected chi connectivity index (χ4v) is 4.18. The van der Waals surface area contributed by atoms with Crippen LogP contribution in [0.15, 0.2) is 24.3 Å². The largest absolute Gasteiger partial charge is 0.481 e. The van der Waals surface area contributed by atoms with E-state index in [-0.39, 0.29) is 49.7 Å². The van der Waals surface area contributed by atoms with Gasteiger partial charge in [0, 0.05) is 25.6 Å². The van der Waals surface area contributed by atoms with Gasteiger partial charge in [0.15, 0.2) is 0 Å². The van der Waals surface area contributed by atoms with Gasteiger partial charge >= 0.3 is 12.1 Å². The summed E-state index contributed by atoms with van der Waals surface area (Å²) in [7, 11) is 0. The van der Waals surface area contributed by atoms with Gasteiger partial charge in [0.25, 0.3) is 0 Å². The predicted molar refractivity (Wildman–Crippen MR) is 90.3 cm³/mol. The Kier molecular flexibility index (Phi) is 4.33. The smallest absolute Gasteiger partial charge is 0.449 e. The van der Waals surface area contributed by atoms with E-state index in [1.165, 1.54) is 17.0 Å². The lowest BCUT2D eigenvalue weighted by Crippen LogP contribution is -2.45. The van der Waals surface area contributed by atoms with Crippen LogP contribution in [0.25, 0.3) is 11.0 Å². The number of carbonyl (C=O) groups excluding carboxylic acids is 1. The number of aromatic nitrogens is 2. The first-order valence-corrected chi connectivity index (χ1v) is 8.84. The second kappa shape index (κ2) is 6.47. The van der Waals surface area contributed by atoms with E-state index in [1.807, 2.05) is 0 Å². The Morgan fingerprint density at radius 2 is 2.07 bits per heavy atom. The van der Waals surface area contributed by atoms with Crippen LogP contribution in [-0.2, 0) is 27.0 Å². The highest BCUT2D eigenvalue weighted by atomic mass is 19.4. The van der Waals surface area contributed by atoms with E-state index >= 15 is 0 Å². The van der Waals surface area contributed by atoms with Crippen LogP contribution in [0.4, 0.5) is 13.2 Å². The number of carbonyl (C=O) groups is 2. The Labute approximate surface area is 157 Å². The van der Waals surface area contributed by atoms with E-state index in [0.29, 0.717) is 0 Å². The summed E-state index contributed by atoms with van der Waals surface area (Å²) >= 11 is 0. The lowest BCUT2D eigenvalue weighted by Gasteiger charge is -2.33. The minimum absolute atomic E-state index is 0.0246. The number of likely N-dealkylation sites (tertiary alicyclic amines) is 1. The van der Waals surface area contributed by atoms with E-state index in [1.54, 1.807) is 12.1 Å². The summed E-state index contributed by atoms with van der Waals surface area (Å²) in [6.07, 6.45) is -4.44. The molecule has 0 spiro atoms. The zero-order valence-corrected chi connectivity index (χ0v) is 14.8. The average Bonchev–Trinajstić information content (AvgIpc) is 3.21. The van der Waals surface area contributed by atoms with Crippen molar-refractivity contribution in [3.8, 4) is 0 Å². The van der Waals surface area contributed by atoms with Crippen molar-refractivity contribution in [3.63, 3.8) is 0 Å². The number of aliphatic carboxylic acids is 1. The molecule has 0 bridgehead atoms. The van der Waals surface area contributed by atoms with Crippen molar-refractivity contribution in [1.82, 2.24) is 14.5 Å². The summed E-state index contributed by atoms with van der Waals surface area (Å²) < 4.78 is 46.5. The topological polar surface area (TPSA) is 84.7 Å². The minimum Gasteiger partial charge on any atom is -0.481 e. The van der Waals surface area contributed by atoms with Gasteiger partial charge in [0.2, 0.25) is 11.7 Å². The molecule has 2 atom stereocenters. The fourth-order valence-electron chi connectivity index (χ4n) is 4.18. The van der Waals surface area contributed by atoms with E-state index in [4.69, 9.17) is 4.74 Å². The molecule has 2 saturated heterocycles. The molecular weight excluding hydrogens is 379 g/mol. The van der Waals surface area contributed by atoms with Crippen molar-refractivity contribution in [2.24, 2.45) is 11.3 Å². The van der Waals surface area contributed by atoms with Gasteiger partial charge in [-0.3, -0.25) is 9.59 Å². The highest BCUT2D eigenvalue weighted by molar-refractivity contribution is 5.83. The van der Waals surface area contributed by atoms with Crippen LogP contribution in [0, 0.1) is 11.3 Å². The molecule has 1 aromatic carbocycles. The molecule has 0 aliphatic carbocycles. The molecule has 10 heteroatoms. The molecule has 0 saturated carbocycles. The quantitative estimate of drug-likeness (QED) is 0.857. The number of para-hydroxylation sites is 2. The lowest BCUT2D eigenvalue weighted by molar-refractivity contribution is -0.157. The molecule has 1 aromatic heterocycles. The standard InChI is InChI=1S/C18H18F3N3O4/c19-18(20,21)15-22-12-3-1-2-4-13(12)24(15)8-14(25)23-7-11-9-28-6-5-17(11,10-23)16(26)27/h1-4,11H,5-10H2,(H,26,27)/t11-,17+/m0/s1. The predicted octanol–water partition coefficient (Wildman–Crippen LogP) is 2.00. The van der Waals surface area contributed by atoms with Crippen molar-refractivity contribution in [2.75, 3.05) is 26.3 Å². The molecule has 28 heavy (non-hydrogen) atoms. The second-order valence-electron chi connectivity index (χ2n) is 7.27. The van der Waals surface area contributed by atoms with Crippen LogP contribution in [0.3, 0.4) is 0 Å². The summed E-state index contributed by atoms with van der Waals surface area (Å²) in [5.41, 5.74) is -0.748. The number of carboxylic acids is 1. The first-order chi connectivity index (χ1) is 13.2. The summed E-state index contributed by atoms with van der Waals surface area (Å²) in [6.45, 7) is 0.0774. The number of nitrogens with zero attached hydrogens (tertiary/aromatic N) is 3. The van der Waals surface area contributed by atoms with Crippen LogP contribution in [0.1, 0.15) is 12.2 Å². The zero-order valence-electron chi connectivity index (χ0n) is 14.8. The monoisotopic (exact) mass is 397 g/mol. The number of rotatable bonds is 3. The lowest BCUT2D eigenvalue weighted by atomic mass is 9.74. The third-order valence-corrected chi connectivity index (χ3v) is 5.69. The van der Waals surface area contributed by atoms with E-state index in [2.05, 4.69) is 4.98 Å². The van der Waals surface area contributed by atoms with Crippen LogP contribution in [0.5, 0.6) is 0 Å². The molecule has 1 N–H and O–H groups in total. The fraction of sp³-hybridized carbons (Fsp3) is 0.500. The summed E-state index contributed by atoms with van der Waals surface area (Å²) in [6, 6.07) is 6.07. The Hall–Kier alpha value is -2.62. The molecule has 0 radical (unpaired) electrons. The molecule has 3 heterocycles. The van der Waals surface area contributed by atoms with E-state index < -0.39 is 35.8 Å². The van der Waals surface area contributed by atoms with Gasteiger partial charge in [-0.05, 0) is 18.6 Å². The van der Waals surface area contributed by atoms with Gasteiger partial charge in [0.1, 0.15) is 6.54 Å². The number of ether oxygens (including phenoxy) is 1. The van der Waals surface area contributed by atoms with Crippen LogP contribution in [0.2, 0.25) is 0 Å². The highest BCUT2D eigenvalue weighted by Crippen LogP contribution is 2.42. The molecule has 2 aromatic rings. The van der Waals surface area contributed by atoms with Crippen LogP contribution < -0.4 is 0 Å². The summed E-state index contributed by atoms with van der Waals surface area (Å²) in [5.74, 6) is -3.08. The maximum Gasteiger partial charge on any atom is 0.449 e. The third kappa shape index (κ3) is 2.92. The maximum absolute atomic E-state index is 13.4. The zero-order chi connectivity index (χ0) is 20.1. The number of imidazole rings is 1. The first kappa shape index (κ1) is 18.7. The molecule has 1 amide bonds. The number of hydrogen-bond donors (Lipinski definition) is 1. The van der Waals surface area contributed by atoms with Crippen molar-refractivity contribution in [1.29, 1.82) is 0 Å². The van der Waals surface area contributed by atoms with Gasteiger partial charge in [-0.25, -0.2) is 4.98 Å².